The Morgan fingerprint density at radius 3 is 2.58 bits per heavy atom. The second-order valence-corrected chi connectivity index (χ2v) is 4.53. The molecule has 2 nitrogen and oxygen atoms in total. The van der Waals surface area contributed by atoms with E-state index in [1.807, 2.05) is 30.3 Å². The quantitative estimate of drug-likeness (QED) is 0.779. The van der Waals surface area contributed by atoms with Crippen LogP contribution in [0.15, 0.2) is 60.7 Å². The van der Waals surface area contributed by atoms with Crippen LogP contribution in [0.25, 0.3) is 5.57 Å². The third-order valence-electron chi connectivity index (χ3n) is 3.30. The molecule has 0 aliphatic heterocycles. The van der Waals surface area contributed by atoms with Crippen LogP contribution in [0.3, 0.4) is 0 Å². The van der Waals surface area contributed by atoms with Crippen molar-refractivity contribution in [3.05, 3.63) is 77.4 Å². The van der Waals surface area contributed by atoms with Gasteiger partial charge in [-0.2, -0.15) is 0 Å². The zero-order valence-electron chi connectivity index (χ0n) is 10.5. The lowest BCUT2D eigenvalue weighted by molar-refractivity contribution is 0.0557. The first-order chi connectivity index (χ1) is 9.34. The lowest BCUT2D eigenvalue weighted by Crippen LogP contribution is -2.07. The number of allylic oxidation sites excluding steroid dienone is 1. The Morgan fingerprint density at radius 2 is 1.74 bits per heavy atom. The van der Waals surface area contributed by atoms with Gasteiger partial charge in [-0.3, -0.25) is 0 Å². The number of hydrogen-bond acceptors (Lipinski definition) is 2. The number of carbonyl (C=O) groups is 1. The van der Waals surface area contributed by atoms with Crippen LogP contribution in [0.1, 0.15) is 21.5 Å². The molecule has 0 unspecified atom stereocenters. The number of ether oxygens (including phenoxy) is 1. The lowest BCUT2D eigenvalue weighted by Gasteiger charge is -2.07. The summed E-state index contributed by atoms with van der Waals surface area (Å²) >= 11 is 0. The van der Waals surface area contributed by atoms with Crippen LogP contribution in [0.4, 0.5) is 0 Å². The minimum absolute atomic E-state index is 0.272. The third-order valence-corrected chi connectivity index (χ3v) is 3.30. The summed E-state index contributed by atoms with van der Waals surface area (Å²) in [5, 5.41) is 0. The Hall–Kier alpha value is -2.35. The van der Waals surface area contributed by atoms with Crippen molar-refractivity contribution in [2.24, 2.45) is 0 Å². The fraction of sp³-hybridized carbons (Fsp3) is 0.118. The molecule has 2 aromatic carbocycles. The summed E-state index contributed by atoms with van der Waals surface area (Å²) < 4.78 is 5.36. The molecule has 1 aliphatic rings. The van der Waals surface area contributed by atoms with Gasteiger partial charge in [0.25, 0.3) is 0 Å². The fourth-order valence-electron chi connectivity index (χ4n) is 2.29. The van der Waals surface area contributed by atoms with Gasteiger partial charge in [-0.05, 0) is 35.3 Å². The first-order valence-electron chi connectivity index (χ1n) is 6.34. The number of esters is 1. The Labute approximate surface area is 112 Å². The topological polar surface area (TPSA) is 26.3 Å². The summed E-state index contributed by atoms with van der Waals surface area (Å²) in [5.41, 5.74) is 4.19. The number of hydrogen-bond donors (Lipinski definition) is 0. The highest BCUT2D eigenvalue weighted by Crippen LogP contribution is 2.27. The van der Waals surface area contributed by atoms with Crippen molar-refractivity contribution < 1.29 is 9.53 Å². The molecule has 2 aromatic rings. The van der Waals surface area contributed by atoms with Crippen molar-refractivity contribution in [3.63, 3.8) is 0 Å². The van der Waals surface area contributed by atoms with Crippen molar-refractivity contribution in [3.8, 4) is 0 Å². The van der Waals surface area contributed by atoms with Gasteiger partial charge >= 0.3 is 5.97 Å². The summed E-state index contributed by atoms with van der Waals surface area (Å²) in [5.74, 6) is -0.272. The second kappa shape index (κ2) is 5.11. The lowest BCUT2D eigenvalue weighted by atomic mass is 10.1. The summed E-state index contributed by atoms with van der Waals surface area (Å²) in [4.78, 5) is 11.9. The first kappa shape index (κ1) is 11.7. The van der Waals surface area contributed by atoms with E-state index in [0.29, 0.717) is 12.2 Å². The first-order valence-corrected chi connectivity index (χ1v) is 6.34. The van der Waals surface area contributed by atoms with Gasteiger partial charge in [0.1, 0.15) is 6.61 Å². The predicted octanol–water partition coefficient (Wildman–Crippen LogP) is 3.48. The van der Waals surface area contributed by atoms with E-state index in [1.54, 1.807) is 12.1 Å². The molecule has 19 heavy (non-hydrogen) atoms. The maximum Gasteiger partial charge on any atom is 0.338 e. The maximum atomic E-state index is 11.9. The minimum Gasteiger partial charge on any atom is -0.457 e. The molecule has 94 valence electrons. The van der Waals surface area contributed by atoms with Crippen LogP contribution in [0.2, 0.25) is 0 Å². The second-order valence-electron chi connectivity index (χ2n) is 4.53. The number of benzene rings is 2. The highest BCUT2D eigenvalue weighted by molar-refractivity contribution is 5.90. The molecular weight excluding hydrogens is 236 g/mol. The van der Waals surface area contributed by atoms with Gasteiger partial charge in [0.2, 0.25) is 0 Å². The molecule has 0 radical (unpaired) electrons. The third kappa shape index (κ3) is 2.43. The molecule has 0 spiro atoms. The van der Waals surface area contributed by atoms with Crippen molar-refractivity contribution in [2.75, 3.05) is 6.61 Å². The Kier molecular flexibility index (Phi) is 3.15. The van der Waals surface area contributed by atoms with Gasteiger partial charge in [-0.15, -0.1) is 0 Å². The van der Waals surface area contributed by atoms with Crippen molar-refractivity contribution in [2.45, 2.75) is 6.42 Å². The van der Waals surface area contributed by atoms with E-state index in [4.69, 9.17) is 4.74 Å². The summed E-state index contributed by atoms with van der Waals surface area (Å²) in [7, 11) is 0. The molecule has 1 aliphatic carbocycles. The van der Waals surface area contributed by atoms with E-state index in [1.165, 1.54) is 11.1 Å². The zero-order chi connectivity index (χ0) is 13.1. The zero-order valence-corrected chi connectivity index (χ0v) is 10.5. The smallest absolute Gasteiger partial charge is 0.338 e. The Morgan fingerprint density at radius 1 is 1.00 bits per heavy atom. The van der Waals surface area contributed by atoms with E-state index in [9.17, 15) is 4.79 Å². The van der Waals surface area contributed by atoms with Gasteiger partial charge in [0.05, 0.1) is 5.56 Å². The summed E-state index contributed by atoms with van der Waals surface area (Å²) in [6.45, 7) is 0.338. The van der Waals surface area contributed by atoms with E-state index in [2.05, 4.69) is 18.2 Å². The monoisotopic (exact) mass is 250 g/mol. The molecule has 0 saturated carbocycles. The molecule has 0 N–H and O–H groups in total. The molecule has 2 heteroatoms. The maximum absolute atomic E-state index is 11.9. The normalized spacial score (nSPS) is 12.7. The van der Waals surface area contributed by atoms with Crippen LogP contribution >= 0.6 is 0 Å². The SMILES string of the molecule is O=C(OCC1=CCc2ccccc21)c1ccccc1. The summed E-state index contributed by atoms with van der Waals surface area (Å²) in [6.07, 6.45) is 3.05. The van der Waals surface area contributed by atoms with Gasteiger partial charge < -0.3 is 4.74 Å². The molecule has 0 aromatic heterocycles. The van der Waals surface area contributed by atoms with E-state index >= 15 is 0 Å². The minimum atomic E-state index is -0.272. The average Bonchev–Trinajstić information content (AvgIpc) is 2.89. The van der Waals surface area contributed by atoms with E-state index in [-0.39, 0.29) is 5.97 Å². The molecule has 0 atom stereocenters. The number of rotatable bonds is 3. The number of carbonyl (C=O) groups excluding carboxylic acids is 1. The van der Waals surface area contributed by atoms with E-state index < -0.39 is 0 Å². The van der Waals surface area contributed by atoms with Gasteiger partial charge in [-0.1, -0.05) is 48.5 Å². The molecule has 0 amide bonds. The molecule has 0 bridgehead atoms. The van der Waals surface area contributed by atoms with Crippen molar-refractivity contribution in [1.29, 1.82) is 0 Å². The standard InChI is InChI=1S/C17H14O2/c18-17(14-7-2-1-3-8-14)19-12-15-11-10-13-6-4-5-9-16(13)15/h1-9,11H,10,12H2. The largest absolute Gasteiger partial charge is 0.457 e. The van der Waals surface area contributed by atoms with Crippen molar-refractivity contribution >= 4 is 11.5 Å². The molecular formula is C17H14O2. The van der Waals surface area contributed by atoms with Crippen molar-refractivity contribution in [1.82, 2.24) is 0 Å². The molecule has 0 saturated heterocycles. The summed E-state index contributed by atoms with van der Waals surface area (Å²) in [6, 6.07) is 17.3. The van der Waals surface area contributed by atoms with Crippen LogP contribution in [-0.2, 0) is 11.2 Å². The van der Waals surface area contributed by atoms with Gasteiger partial charge in [-0.25, -0.2) is 4.79 Å². The Bertz CT molecular complexity index is 627. The van der Waals surface area contributed by atoms with Crippen LogP contribution in [0, 0.1) is 0 Å². The van der Waals surface area contributed by atoms with Crippen LogP contribution in [0.5, 0.6) is 0 Å². The molecule has 3 rings (SSSR count). The van der Waals surface area contributed by atoms with Gasteiger partial charge in [0.15, 0.2) is 0 Å². The molecule has 0 fully saturated rings. The number of fused-ring (bicyclic) bond motifs is 1. The Balaban J connectivity index is 1.67. The fourth-order valence-corrected chi connectivity index (χ4v) is 2.29. The average molecular weight is 250 g/mol. The van der Waals surface area contributed by atoms with Crippen LogP contribution < -0.4 is 0 Å². The highest BCUT2D eigenvalue weighted by Gasteiger charge is 2.15. The predicted molar refractivity (Wildman–Crippen MR) is 74.8 cm³/mol. The van der Waals surface area contributed by atoms with Gasteiger partial charge in [0, 0.05) is 0 Å². The van der Waals surface area contributed by atoms with Crippen LogP contribution in [-0.4, -0.2) is 12.6 Å². The van der Waals surface area contributed by atoms with E-state index in [0.717, 1.165) is 12.0 Å². The highest BCUT2D eigenvalue weighted by atomic mass is 16.5. The molecule has 0 heterocycles.